The normalized spacial score (nSPS) is 10.7. The summed E-state index contributed by atoms with van der Waals surface area (Å²) < 4.78 is 16.7. The molecular weight excluding hydrogens is 352 g/mol. The molecule has 0 amide bonds. The van der Waals surface area contributed by atoms with Gasteiger partial charge in [0, 0.05) is 5.56 Å². The van der Waals surface area contributed by atoms with Crippen molar-refractivity contribution in [3.8, 4) is 22.8 Å². The van der Waals surface area contributed by atoms with Crippen molar-refractivity contribution in [2.24, 2.45) is 0 Å². The first-order valence-electron chi connectivity index (χ1n) is 8.60. The van der Waals surface area contributed by atoms with Gasteiger partial charge in [-0.1, -0.05) is 18.6 Å². The van der Waals surface area contributed by atoms with Crippen LogP contribution in [0.3, 0.4) is 0 Å². The van der Waals surface area contributed by atoms with Crippen molar-refractivity contribution in [1.29, 1.82) is 0 Å². The first-order chi connectivity index (χ1) is 13.2. The van der Waals surface area contributed by atoms with Crippen LogP contribution < -0.4 is 10.5 Å². The Morgan fingerprint density at radius 2 is 2.00 bits per heavy atom. The van der Waals surface area contributed by atoms with Gasteiger partial charge in [0.2, 0.25) is 11.6 Å². The number of hydrogen-bond donors (Lipinski definition) is 1. The molecule has 2 aromatic heterocycles. The van der Waals surface area contributed by atoms with Gasteiger partial charge in [-0.2, -0.15) is 4.68 Å². The number of nitrogens with two attached hydrogens (primary N) is 1. The summed E-state index contributed by atoms with van der Waals surface area (Å²) in [6, 6.07) is 7.20. The third kappa shape index (κ3) is 3.89. The van der Waals surface area contributed by atoms with E-state index in [0.29, 0.717) is 17.9 Å². The number of carbonyl (C=O) groups is 1. The molecule has 0 radical (unpaired) electrons. The molecule has 2 N–H and O–H groups in total. The Morgan fingerprint density at radius 1 is 1.22 bits per heavy atom. The molecule has 2 heterocycles. The number of rotatable bonds is 8. The molecule has 0 saturated carbocycles. The molecule has 0 fully saturated rings. The largest absolute Gasteiger partial charge is 0.494 e. The first-order valence-corrected chi connectivity index (χ1v) is 8.60. The highest BCUT2D eigenvalue weighted by molar-refractivity contribution is 5.94. The SMILES string of the molecule is CCCCOc1ccc(-c2c(C(=O)OCC)nnn2-c2nonc2N)cc1. The van der Waals surface area contributed by atoms with Gasteiger partial charge in [0.25, 0.3) is 0 Å². The van der Waals surface area contributed by atoms with Crippen LogP contribution in [0.4, 0.5) is 5.82 Å². The predicted molar refractivity (Wildman–Crippen MR) is 95.4 cm³/mol. The lowest BCUT2D eigenvalue weighted by atomic mass is 10.1. The molecule has 3 aromatic rings. The number of esters is 1. The molecule has 0 saturated heterocycles. The topological polar surface area (TPSA) is 131 Å². The minimum absolute atomic E-state index is 0.0241. The summed E-state index contributed by atoms with van der Waals surface area (Å²) >= 11 is 0. The maximum absolute atomic E-state index is 12.3. The minimum atomic E-state index is -0.600. The second-order valence-corrected chi connectivity index (χ2v) is 5.62. The molecule has 0 aliphatic heterocycles. The average molecular weight is 372 g/mol. The van der Waals surface area contributed by atoms with E-state index >= 15 is 0 Å². The summed E-state index contributed by atoms with van der Waals surface area (Å²) in [5.74, 6) is 0.288. The van der Waals surface area contributed by atoms with Gasteiger partial charge in [-0.05, 0) is 47.9 Å². The van der Waals surface area contributed by atoms with E-state index in [4.69, 9.17) is 15.2 Å². The van der Waals surface area contributed by atoms with Gasteiger partial charge in [-0.3, -0.25) is 0 Å². The molecular formula is C17H20N6O4. The summed E-state index contributed by atoms with van der Waals surface area (Å²) in [6.07, 6.45) is 2.03. The van der Waals surface area contributed by atoms with E-state index in [2.05, 4.69) is 32.2 Å². The lowest BCUT2D eigenvalue weighted by Gasteiger charge is -2.08. The van der Waals surface area contributed by atoms with E-state index in [0.717, 1.165) is 18.6 Å². The summed E-state index contributed by atoms with van der Waals surface area (Å²) in [5.41, 5.74) is 6.84. The van der Waals surface area contributed by atoms with Gasteiger partial charge in [0.1, 0.15) is 11.4 Å². The molecule has 0 aliphatic rings. The van der Waals surface area contributed by atoms with Crippen molar-refractivity contribution in [1.82, 2.24) is 25.3 Å². The zero-order chi connectivity index (χ0) is 19.2. The van der Waals surface area contributed by atoms with Crippen molar-refractivity contribution in [2.45, 2.75) is 26.7 Å². The Morgan fingerprint density at radius 3 is 2.63 bits per heavy atom. The summed E-state index contributed by atoms with van der Waals surface area (Å²) in [4.78, 5) is 12.3. The van der Waals surface area contributed by atoms with Crippen LogP contribution in [-0.4, -0.2) is 44.5 Å². The predicted octanol–water partition coefficient (Wildman–Crippen LogP) is 2.26. The second kappa shape index (κ2) is 8.30. The molecule has 0 bridgehead atoms. The molecule has 3 rings (SSSR count). The van der Waals surface area contributed by atoms with E-state index in [1.165, 1.54) is 4.68 Å². The zero-order valence-electron chi connectivity index (χ0n) is 15.1. The van der Waals surface area contributed by atoms with Crippen molar-refractivity contribution < 1.29 is 18.9 Å². The Hall–Kier alpha value is -3.43. The minimum Gasteiger partial charge on any atom is -0.494 e. The molecule has 0 unspecified atom stereocenters. The highest BCUT2D eigenvalue weighted by atomic mass is 16.6. The van der Waals surface area contributed by atoms with Crippen molar-refractivity contribution in [3.05, 3.63) is 30.0 Å². The van der Waals surface area contributed by atoms with Crippen LogP contribution in [0.1, 0.15) is 37.2 Å². The number of unbranched alkanes of at least 4 members (excludes halogenated alkanes) is 1. The van der Waals surface area contributed by atoms with Crippen LogP contribution in [0.15, 0.2) is 28.9 Å². The van der Waals surface area contributed by atoms with Gasteiger partial charge < -0.3 is 15.2 Å². The lowest BCUT2D eigenvalue weighted by Crippen LogP contribution is -2.08. The maximum atomic E-state index is 12.3. The fourth-order valence-corrected chi connectivity index (χ4v) is 2.41. The number of hydrogen-bond acceptors (Lipinski definition) is 9. The first kappa shape index (κ1) is 18.4. The Kier molecular flexibility index (Phi) is 5.64. The van der Waals surface area contributed by atoms with Crippen LogP contribution in [0.2, 0.25) is 0 Å². The van der Waals surface area contributed by atoms with Crippen LogP contribution in [0.25, 0.3) is 17.1 Å². The Bertz CT molecular complexity index is 903. The number of aromatic nitrogens is 5. The second-order valence-electron chi connectivity index (χ2n) is 5.62. The third-order valence-corrected chi connectivity index (χ3v) is 3.73. The van der Waals surface area contributed by atoms with Crippen LogP contribution in [0.5, 0.6) is 5.75 Å². The van der Waals surface area contributed by atoms with Crippen molar-refractivity contribution in [3.63, 3.8) is 0 Å². The molecule has 142 valence electrons. The van der Waals surface area contributed by atoms with Crippen LogP contribution in [-0.2, 0) is 4.74 Å². The molecule has 10 heteroatoms. The smallest absolute Gasteiger partial charge is 0.361 e. The number of benzene rings is 1. The number of nitrogens with zero attached hydrogens (tertiary/aromatic N) is 5. The van der Waals surface area contributed by atoms with Gasteiger partial charge in [0.15, 0.2) is 5.69 Å². The monoisotopic (exact) mass is 372 g/mol. The molecule has 27 heavy (non-hydrogen) atoms. The van der Waals surface area contributed by atoms with Gasteiger partial charge in [0.05, 0.1) is 13.2 Å². The maximum Gasteiger partial charge on any atom is 0.361 e. The number of nitrogen functional groups attached to an aromatic ring is 1. The Balaban J connectivity index is 2.00. The van der Waals surface area contributed by atoms with Crippen molar-refractivity contribution in [2.75, 3.05) is 18.9 Å². The van der Waals surface area contributed by atoms with E-state index in [-0.39, 0.29) is 23.9 Å². The highest BCUT2D eigenvalue weighted by Gasteiger charge is 2.26. The van der Waals surface area contributed by atoms with Gasteiger partial charge in [-0.15, -0.1) is 5.10 Å². The number of ether oxygens (including phenoxy) is 2. The average Bonchev–Trinajstić information content (AvgIpc) is 3.28. The molecule has 10 nitrogen and oxygen atoms in total. The van der Waals surface area contributed by atoms with E-state index in [1.54, 1.807) is 19.1 Å². The van der Waals surface area contributed by atoms with E-state index in [1.807, 2.05) is 12.1 Å². The molecule has 0 aliphatic carbocycles. The number of carbonyl (C=O) groups excluding carboxylic acids is 1. The highest BCUT2D eigenvalue weighted by Crippen LogP contribution is 2.28. The van der Waals surface area contributed by atoms with E-state index in [9.17, 15) is 4.79 Å². The van der Waals surface area contributed by atoms with Crippen LogP contribution in [0, 0.1) is 0 Å². The van der Waals surface area contributed by atoms with Gasteiger partial charge in [-0.25, -0.2) is 9.42 Å². The number of anilines is 1. The van der Waals surface area contributed by atoms with E-state index < -0.39 is 5.97 Å². The fraction of sp³-hybridized carbons (Fsp3) is 0.353. The fourth-order valence-electron chi connectivity index (χ4n) is 2.41. The lowest BCUT2D eigenvalue weighted by molar-refractivity contribution is 0.0520. The Labute approximate surface area is 155 Å². The van der Waals surface area contributed by atoms with Crippen molar-refractivity contribution >= 4 is 11.8 Å². The molecule has 0 spiro atoms. The molecule has 0 atom stereocenters. The third-order valence-electron chi connectivity index (χ3n) is 3.73. The quantitative estimate of drug-likeness (QED) is 0.467. The zero-order valence-corrected chi connectivity index (χ0v) is 15.1. The summed E-state index contributed by atoms with van der Waals surface area (Å²) in [5, 5.41) is 15.2. The van der Waals surface area contributed by atoms with Gasteiger partial charge >= 0.3 is 5.97 Å². The summed E-state index contributed by atoms with van der Waals surface area (Å²) in [6.45, 7) is 4.67. The standard InChI is InChI=1S/C17H20N6O4/c1-3-5-10-26-12-8-6-11(7-9-12)14-13(17(24)25-4-2)19-22-23(14)16-15(18)20-27-21-16/h6-9H,3-5,10H2,1-2H3,(H2,18,20). The van der Waals surface area contributed by atoms with Crippen LogP contribution >= 0.6 is 0 Å². The summed E-state index contributed by atoms with van der Waals surface area (Å²) in [7, 11) is 0. The molecule has 1 aromatic carbocycles.